The molecule has 0 unspecified atom stereocenters. The molecule has 1 heterocycles. The minimum Gasteiger partial charge on any atom is -0.394 e. The zero-order valence-corrected chi connectivity index (χ0v) is 8.34. The first-order valence-corrected chi connectivity index (χ1v) is 4.98. The minimum absolute atomic E-state index is 0.0896. The van der Waals surface area contributed by atoms with Crippen molar-refractivity contribution >= 4 is 11.3 Å². The van der Waals surface area contributed by atoms with Gasteiger partial charge in [0.25, 0.3) is 0 Å². The Morgan fingerprint density at radius 3 is 2.69 bits per heavy atom. The highest BCUT2D eigenvalue weighted by atomic mass is 32.1. The van der Waals surface area contributed by atoms with Gasteiger partial charge in [0.2, 0.25) is 0 Å². The number of hydrogen-bond donors (Lipinski definition) is 3. The Balaban J connectivity index is 2.41. The topological polar surface area (TPSA) is 65.4 Å². The van der Waals surface area contributed by atoms with Crippen molar-refractivity contribution in [1.82, 2.24) is 10.3 Å². The lowest BCUT2D eigenvalue weighted by atomic mass is 10.1. The van der Waals surface area contributed by atoms with E-state index in [-0.39, 0.29) is 13.2 Å². The van der Waals surface area contributed by atoms with Gasteiger partial charge in [0.15, 0.2) is 0 Å². The second-order valence-electron chi connectivity index (χ2n) is 3.21. The van der Waals surface area contributed by atoms with Crippen molar-refractivity contribution in [1.29, 1.82) is 0 Å². The smallest absolute Gasteiger partial charge is 0.0795 e. The molecule has 1 rings (SSSR count). The van der Waals surface area contributed by atoms with Gasteiger partial charge in [-0.25, -0.2) is 4.98 Å². The van der Waals surface area contributed by atoms with Crippen molar-refractivity contribution in [2.75, 3.05) is 13.2 Å². The molecule has 0 aliphatic rings. The normalized spacial score (nSPS) is 11.9. The Morgan fingerprint density at radius 2 is 2.23 bits per heavy atom. The first-order valence-electron chi connectivity index (χ1n) is 4.04. The highest BCUT2D eigenvalue weighted by molar-refractivity contribution is 7.07. The Bertz CT molecular complexity index is 234. The van der Waals surface area contributed by atoms with Crippen LogP contribution in [0.3, 0.4) is 0 Å². The predicted molar refractivity (Wildman–Crippen MR) is 51.5 cm³/mol. The fourth-order valence-corrected chi connectivity index (χ4v) is 1.35. The summed E-state index contributed by atoms with van der Waals surface area (Å²) in [4.78, 5) is 4.08. The average molecular weight is 202 g/mol. The van der Waals surface area contributed by atoms with E-state index in [1.54, 1.807) is 12.4 Å². The molecule has 0 fully saturated rings. The van der Waals surface area contributed by atoms with Crippen molar-refractivity contribution in [2.45, 2.75) is 19.0 Å². The van der Waals surface area contributed by atoms with Gasteiger partial charge in [-0.1, -0.05) is 0 Å². The molecule has 3 N–H and O–H groups in total. The van der Waals surface area contributed by atoms with Crippen LogP contribution in [0.2, 0.25) is 0 Å². The fraction of sp³-hybridized carbons (Fsp3) is 0.625. The van der Waals surface area contributed by atoms with Gasteiger partial charge in [-0.05, 0) is 6.92 Å². The Kier molecular flexibility index (Phi) is 3.80. The van der Waals surface area contributed by atoms with E-state index in [1.807, 2.05) is 5.38 Å². The fourth-order valence-electron chi connectivity index (χ4n) is 0.791. The molecule has 1 aromatic heterocycles. The van der Waals surface area contributed by atoms with Crippen molar-refractivity contribution in [3.8, 4) is 0 Å². The van der Waals surface area contributed by atoms with Gasteiger partial charge in [0.05, 0.1) is 30.0 Å². The highest BCUT2D eigenvalue weighted by Crippen LogP contribution is 2.05. The summed E-state index contributed by atoms with van der Waals surface area (Å²) in [5.41, 5.74) is 2.06. The summed E-state index contributed by atoms with van der Waals surface area (Å²) in [6.45, 7) is 2.15. The summed E-state index contributed by atoms with van der Waals surface area (Å²) in [6, 6.07) is 0. The third kappa shape index (κ3) is 3.04. The molecule has 1 aromatic rings. The molecule has 0 atom stereocenters. The minimum atomic E-state index is -0.621. The van der Waals surface area contributed by atoms with Gasteiger partial charge in [0.1, 0.15) is 0 Å². The van der Waals surface area contributed by atoms with Crippen LogP contribution < -0.4 is 5.32 Å². The van der Waals surface area contributed by atoms with Crippen LogP contribution in [0.4, 0.5) is 0 Å². The average Bonchev–Trinajstić information content (AvgIpc) is 2.67. The van der Waals surface area contributed by atoms with Crippen LogP contribution >= 0.6 is 11.3 Å². The van der Waals surface area contributed by atoms with Crippen LogP contribution in [-0.2, 0) is 6.54 Å². The van der Waals surface area contributed by atoms with Crippen LogP contribution in [-0.4, -0.2) is 33.9 Å². The molecular weight excluding hydrogens is 188 g/mol. The zero-order valence-electron chi connectivity index (χ0n) is 7.53. The van der Waals surface area contributed by atoms with Gasteiger partial charge >= 0.3 is 0 Å². The summed E-state index contributed by atoms with van der Waals surface area (Å²) in [7, 11) is 0. The third-order valence-electron chi connectivity index (χ3n) is 1.88. The molecule has 5 heteroatoms. The van der Waals surface area contributed by atoms with Gasteiger partial charge < -0.3 is 15.5 Å². The SMILES string of the molecule is CC(CO)(CO)NCc1cscn1. The summed E-state index contributed by atoms with van der Waals surface area (Å²) in [6.07, 6.45) is 0. The molecule has 0 spiro atoms. The molecule has 13 heavy (non-hydrogen) atoms. The van der Waals surface area contributed by atoms with Crippen LogP contribution in [0.5, 0.6) is 0 Å². The summed E-state index contributed by atoms with van der Waals surface area (Å²) in [5, 5.41) is 22.9. The number of aliphatic hydroxyl groups is 2. The van der Waals surface area contributed by atoms with Gasteiger partial charge in [0, 0.05) is 11.9 Å². The maximum absolute atomic E-state index is 8.97. The Hall–Kier alpha value is -0.490. The molecule has 0 aliphatic heterocycles. The first-order chi connectivity index (χ1) is 6.20. The maximum atomic E-state index is 8.97. The van der Waals surface area contributed by atoms with E-state index in [9.17, 15) is 0 Å². The van der Waals surface area contributed by atoms with E-state index in [2.05, 4.69) is 10.3 Å². The molecule has 0 aliphatic carbocycles. The summed E-state index contributed by atoms with van der Waals surface area (Å²) in [5.74, 6) is 0. The van der Waals surface area contributed by atoms with E-state index in [1.165, 1.54) is 11.3 Å². The zero-order chi connectivity index (χ0) is 9.73. The lowest BCUT2D eigenvalue weighted by molar-refractivity contribution is 0.103. The number of hydrogen-bond acceptors (Lipinski definition) is 5. The number of aliphatic hydroxyl groups excluding tert-OH is 2. The number of nitrogens with one attached hydrogen (secondary N) is 1. The van der Waals surface area contributed by atoms with Crippen molar-refractivity contribution < 1.29 is 10.2 Å². The Labute approximate surface area is 81.3 Å². The van der Waals surface area contributed by atoms with Crippen LogP contribution in [0, 0.1) is 0 Å². The van der Waals surface area contributed by atoms with E-state index in [4.69, 9.17) is 10.2 Å². The highest BCUT2D eigenvalue weighted by Gasteiger charge is 2.21. The van der Waals surface area contributed by atoms with Crippen molar-refractivity contribution in [2.24, 2.45) is 0 Å². The lowest BCUT2D eigenvalue weighted by Gasteiger charge is -2.25. The number of nitrogens with zero attached hydrogens (tertiary/aromatic N) is 1. The van der Waals surface area contributed by atoms with Gasteiger partial charge in [-0.2, -0.15) is 0 Å². The summed E-state index contributed by atoms with van der Waals surface area (Å²) < 4.78 is 0. The molecule has 0 bridgehead atoms. The lowest BCUT2D eigenvalue weighted by Crippen LogP contribution is -2.48. The maximum Gasteiger partial charge on any atom is 0.0795 e. The molecule has 0 aromatic carbocycles. The quantitative estimate of drug-likeness (QED) is 0.627. The molecule has 0 amide bonds. The van der Waals surface area contributed by atoms with E-state index < -0.39 is 5.54 Å². The standard InChI is InChI=1S/C8H14N2O2S/c1-8(4-11,5-12)10-2-7-3-13-6-9-7/h3,6,10-12H,2,4-5H2,1H3. The molecule has 0 saturated heterocycles. The van der Waals surface area contributed by atoms with E-state index in [0.29, 0.717) is 6.54 Å². The number of aromatic nitrogens is 1. The summed E-state index contributed by atoms with van der Waals surface area (Å²) >= 11 is 1.53. The third-order valence-corrected chi connectivity index (χ3v) is 2.51. The monoisotopic (exact) mass is 202 g/mol. The molecule has 4 nitrogen and oxygen atoms in total. The van der Waals surface area contributed by atoms with E-state index >= 15 is 0 Å². The molecular formula is C8H14N2O2S. The molecule has 0 radical (unpaired) electrons. The van der Waals surface area contributed by atoms with Crippen LogP contribution in [0.25, 0.3) is 0 Å². The second-order valence-corrected chi connectivity index (χ2v) is 3.93. The van der Waals surface area contributed by atoms with Crippen LogP contribution in [0.15, 0.2) is 10.9 Å². The van der Waals surface area contributed by atoms with Gasteiger partial charge in [-0.15, -0.1) is 11.3 Å². The number of thiazole rings is 1. The second kappa shape index (κ2) is 4.66. The van der Waals surface area contributed by atoms with Crippen molar-refractivity contribution in [3.63, 3.8) is 0 Å². The van der Waals surface area contributed by atoms with Crippen molar-refractivity contribution in [3.05, 3.63) is 16.6 Å². The Morgan fingerprint density at radius 1 is 1.54 bits per heavy atom. The van der Waals surface area contributed by atoms with Gasteiger partial charge in [-0.3, -0.25) is 0 Å². The largest absolute Gasteiger partial charge is 0.394 e. The number of rotatable bonds is 5. The molecule has 0 saturated carbocycles. The first kappa shape index (κ1) is 10.6. The van der Waals surface area contributed by atoms with Crippen LogP contribution in [0.1, 0.15) is 12.6 Å². The predicted octanol–water partition coefficient (Wildman–Crippen LogP) is -0.0240. The van der Waals surface area contributed by atoms with E-state index in [0.717, 1.165) is 5.69 Å². The molecule has 74 valence electrons.